The number of fused-ring (bicyclic) bond motifs is 1. The average molecular weight is 345 g/mol. The quantitative estimate of drug-likeness (QED) is 0.571. The molecule has 0 saturated heterocycles. The predicted molar refractivity (Wildman–Crippen MR) is 97.6 cm³/mol. The number of nitrogens with zero attached hydrogens (tertiary/aromatic N) is 7. The van der Waals surface area contributed by atoms with Crippen LogP contribution in [0.15, 0.2) is 37.1 Å². The van der Waals surface area contributed by atoms with E-state index in [2.05, 4.69) is 27.3 Å². The van der Waals surface area contributed by atoms with Gasteiger partial charge < -0.3 is 0 Å². The molecule has 0 N–H and O–H groups in total. The molecule has 2 atom stereocenters. The van der Waals surface area contributed by atoms with Gasteiger partial charge in [0, 0.05) is 32.4 Å². The summed E-state index contributed by atoms with van der Waals surface area (Å²) in [5.74, 6) is 0.973. The molecule has 1 fully saturated rings. The van der Waals surface area contributed by atoms with Crippen molar-refractivity contribution in [1.82, 2.24) is 34.5 Å². The molecule has 4 aromatic heterocycles. The fourth-order valence-electron chi connectivity index (χ4n) is 3.62. The average Bonchev–Trinajstić information content (AvgIpc) is 3.16. The van der Waals surface area contributed by atoms with E-state index >= 15 is 0 Å². The normalized spacial score (nSPS) is 19.2. The van der Waals surface area contributed by atoms with E-state index in [-0.39, 0.29) is 0 Å². The zero-order chi connectivity index (χ0) is 17.8. The van der Waals surface area contributed by atoms with Gasteiger partial charge in [0.1, 0.15) is 11.2 Å². The molecule has 130 valence electrons. The predicted octanol–water partition coefficient (Wildman–Crippen LogP) is 2.74. The molecule has 7 nitrogen and oxygen atoms in total. The summed E-state index contributed by atoms with van der Waals surface area (Å²) in [6.45, 7) is 2.01. The number of hydrogen-bond acceptors (Lipinski definition) is 5. The minimum absolute atomic E-state index is 0.457. The molecule has 4 heterocycles. The van der Waals surface area contributed by atoms with Crippen LogP contribution in [-0.4, -0.2) is 34.5 Å². The molecule has 0 amide bonds. The summed E-state index contributed by atoms with van der Waals surface area (Å²) in [6, 6.07) is 2.15. The standard InChI is InChI=1S/C19H19N7/c1-11-6-20-8-17-19(11)23-16(9-21-17)18-5-15(24-26(18)3)14-4-13(14)12-7-22-25(2)10-12/h5-10,13-14H,4H2,1-3H3/t13-,14+/m0/s1. The van der Waals surface area contributed by atoms with E-state index in [0.29, 0.717) is 11.8 Å². The largest absolute Gasteiger partial charge is 0.276 e. The fourth-order valence-corrected chi connectivity index (χ4v) is 3.62. The Morgan fingerprint density at radius 3 is 2.77 bits per heavy atom. The number of hydrogen-bond donors (Lipinski definition) is 0. The van der Waals surface area contributed by atoms with Gasteiger partial charge in [-0.3, -0.25) is 19.3 Å². The molecule has 26 heavy (non-hydrogen) atoms. The van der Waals surface area contributed by atoms with Crippen LogP contribution in [0.2, 0.25) is 0 Å². The Balaban J connectivity index is 1.49. The van der Waals surface area contributed by atoms with E-state index in [0.717, 1.165) is 40.1 Å². The van der Waals surface area contributed by atoms with Gasteiger partial charge in [-0.25, -0.2) is 4.98 Å². The highest BCUT2D eigenvalue weighted by Crippen LogP contribution is 2.54. The van der Waals surface area contributed by atoms with Crippen molar-refractivity contribution in [3.8, 4) is 11.4 Å². The Bertz CT molecular complexity index is 1120. The van der Waals surface area contributed by atoms with Crippen molar-refractivity contribution in [2.45, 2.75) is 25.2 Å². The lowest BCUT2D eigenvalue weighted by Gasteiger charge is -2.04. The van der Waals surface area contributed by atoms with Crippen molar-refractivity contribution in [1.29, 1.82) is 0 Å². The van der Waals surface area contributed by atoms with E-state index in [1.54, 1.807) is 12.4 Å². The first kappa shape index (κ1) is 15.2. The molecule has 1 saturated carbocycles. The van der Waals surface area contributed by atoms with Crippen LogP contribution in [0.5, 0.6) is 0 Å². The Morgan fingerprint density at radius 1 is 1.08 bits per heavy atom. The fraction of sp³-hybridized carbons (Fsp3) is 0.316. The Hall–Kier alpha value is -3.09. The molecule has 4 aromatic rings. The Kier molecular flexibility index (Phi) is 3.19. The molecule has 5 rings (SSSR count). The monoisotopic (exact) mass is 345 g/mol. The van der Waals surface area contributed by atoms with Crippen molar-refractivity contribution in [2.75, 3.05) is 0 Å². The molecule has 0 spiro atoms. The zero-order valence-electron chi connectivity index (χ0n) is 15.0. The maximum atomic E-state index is 4.80. The third-order valence-corrected chi connectivity index (χ3v) is 5.12. The highest BCUT2D eigenvalue weighted by Gasteiger charge is 2.42. The smallest absolute Gasteiger partial charge is 0.107 e. The summed E-state index contributed by atoms with van der Waals surface area (Å²) >= 11 is 0. The van der Waals surface area contributed by atoms with Crippen molar-refractivity contribution in [2.24, 2.45) is 14.1 Å². The molecule has 0 bridgehead atoms. The topological polar surface area (TPSA) is 74.3 Å². The second-order valence-electron chi connectivity index (χ2n) is 7.05. The van der Waals surface area contributed by atoms with Gasteiger partial charge >= 0.3 is 0 Å². The highest BCUT2D eigenvalue weighted by molar-refractivity contribution is 5.78. The minimum Gasteiger partial charge on any atom is -0.276 e. The second-order valence-corrected chi connectivity index (χ2v) is 7.05. The summed E-state index contributed by atoms with van der Waals surface area (Å²) in [6.07, 6.45) is 10.5. The zero-order valence-corrected chi connectivity index (χ0v) is 15.0. The maximum absolute atomic E-state index is 4.80. The Labute approximate surface area is 150 Å². The summed E-state index contributed by atoms with van der Waals surface area (Å²) < 4.78 is 3.76. The Morgan fingerprint density at radius 2 is 1.96 bits per heavy atom. The van der Waals surface area contributed by atoms with Gasteiger partial charge in [-0.05, 0) is 36.5 Å². The molecule has 1 aliphatic carbocycles. The van der Waals surface area contributed by atoms with Gasteiger partial charge in [-0.2, -0.15) is 10.2 Å². The molecule has 0 radical (unpaired) electrons. The lowest BCUT2D eigenvalue weighted by molar-refractivity contribution is 0.745. The first-order chi connectivity index (χ1) is 12.6. The van der Waals surface area contributed by atoms with Crippen LogP contribution in [0.25, 0.3) is 22.4 Å². The first-order valence-electron chi connectivity index (χ1n) is 8.70. The van der Waals surface area contributed by atoms with Crippen molar-refractivity contribution in [3.05, 3.63) is 53.9 Å². The summed E-state index contributed by atoms with van der Waals surface area (Å²) in [5.41, 5.74) is 6.96. The molecule has 7 heteroatoms. The molecule has 0 aromatic carbocycles. The van der Waals surface area contributed by atoms with Gasteiger partial charge in [0.05, 0.1) is 35.5 Å². The van der Waals surface area contributed by atoms with Crippen LogP contribution in [0, 0.1) is 6.92 Å². The molecule has 0 aliphatic heterocycles. The lowest BCUT2D eigenvalue weighted by Crippen LogP contribution is -1.98. The minimum atomic E-state index is 0.457. The van der Waals surface area contributed by atoms with Gasteiger partial charge in [-0.15, -0.1) is 0 Å². The van der Waals surface area contributed by atoms with Crippen LogP contribution in [0.1, 0.15) is 35.1 Å². The van der Waals surface area contributed by atoms with E-state index in [9.17, 15) is 0 Å². The molecular weight excluding hydrogens is 326 g/mol. The SMILES string of the molecule is Cc1cncc2ncc(-c3cc([C@@H]4C[C@H]4c4cnn(C)c4)nn3C)nc12. The molecule has 0 unspecified atom stereocenters. The van der Waals surface area contributed by atoms with Crippen LogP contribution in [0.3, 0.4) is 0 Å². The van der Waals surface area contributed by atoms with Gasteiger partial charge in [-0.1, -0.05) is 0 Å². The second kappa shape index (κ2) is 5.45. The third kappa shape index (κ3) is 2.39. The van der Waals surface area contributed by atoms with E-state index in [4.69, 9.17) is 10.1 Å². The van der Waals surface area contributed by atoms with Gasteiger partial charge in [0.2, 0.25) is 0 Å². The number of aromatic nitrogens is 7. The third-order valence-electron chi connectivity index (χ3n) is 5.12. The van der Waals surface area contributed by atoms with Crippen molar-refractivity contribution >= 4 is 11.0 Å². The van der Waals surface area contributed by atoms with Crippen molar-refractivity contribution < 1.29 is 0 Å². The lowest BCUT2D eigenvalue weighted by atomic mass is 10.1. The number of rotatable bonds is 3. The van der Waals surface area contributed by atoms with Crippen LogP contribution < -0.4 is 0 Å². The maximum Gasteiger partial charge on any atom is 0.107 e. The summed E-state index contributed by atoms with van der Waals surface area (Å²) in [4.78, 5) is 13.5. The number of aryl methyl sites for hydroxylation is 3. The first-order valence-corrected chi connectivity index (χ1v) is 8.70. The van der Waals surface area contributed by atoms with Crippen LogP contribution in [-0.2, 0) is 14.1 Å². The van der Waals surface area contributed by atoms with Gasteiger partial charge in [0.15, 0.2) is 0 Å². The number of pyridine rings is 1. The van der Waals surface area contributed by atoms with Gasteiger partial charge in [0.25, 0.3) is 0 Å². The van der Waals surface area contributed by atoms with Crippen molar-refractivity contribution in [3.63, 3.8) is 0 Å². The summed E-state index contributed by atoms with van der Waals surface area (Å²) in [7, 11) is 3.92. The van der Waals surface area contributed by atoms with E-state index in [1.165, 1.54) is 5.56 Å². The van der Waals surface area contributed by atoms with Crippen LogP contribution in [0.4, 0.5) is 0 Å². The van der Waals surface area contributed by atoms with Crippen LogP contribution >= 0.6 is 0 Å². The van der Waals surface area contributed by atoms with E-state index in [1.807, 2.05) is 42.8 Å². The highest BCUT2D eigenvalue weighted by atomic mass is 15.3. The molecular formula is C19H19N7. The molecule has 1 aliphatic rings. The van der Waals surface area contributed by atoms with E-state index < -0.39 is 0 Å². The summed E-state index contributed by atoms with van der Waals surface area (Å²) in [5, 5.41) is 9.02.